The third kappa shape index (κ3) is 4.98. The SMILES string of the molecule is CCN(CC)C(=O)CN1CCN(C(=O)C2CCCN(c3ncccn3)C2)CC1. The summed E-state index contributed by atoms with van der Waals surface area (Å²) in [5.74, 6) is 1.12. The molecule has 8 heteroatoms. The molecule has 2 aliphatic heterocycles. The summed E-state index contributed by atoms with van der Waals surface area (Å²) in [5, 5.41) is 0. The fraction of sp³-hybridized carbons (Fsp3) is 0.700. The van der Waals surface area contributed by atoms with Crippen molar-refractivity contribution in [1.29, 1.82) is 0 Å². The van der Waals surface area contributed by atoms with Crippen molar-refractivity contribution in [2.24, 2.45) is 5.92 Å². The third-order valence-electron chi connectivity index (χ3n) is 5.76. The molecule has 3 heterocycles. The Hall–Kier alpha value is -2.22. The number of aromatic nitrogens is 2. The van der Waals surface area contributed by atoms with E-state index in [1.807, 2.05) is 23.6 Å². The highest BCUT2D eigenvalue weighted by atomic mass is 16.2. The van der Waals surface area contributed by atoms with Crippen LogP contribution in [0.5, 0.6) is 0 Å². The Morgan fingerprint density at radius 2 is 1.75 bits per heavy atom. The Labute approximate surface area is 167 Å². The van der Waals surface area contributed by atoms with Crippen molar-refractivity contribution in [3.05, 3.63) is 18.5 Å². The van der Waals surface area contributed by atoms with Gasteiger partial charge in [-0.1, -0.05) is 0 Å². The highest BCUT2D eigenvalue weighted by Crippen LogP contribution is 2.22. The second-order valence-electron chi connectivity index (χ2n) is 7.50. The van der Waals surface area contributed by atoms with Crippen molar-refractivity contribution in [2.45, 2.75) is 26.7 Å². The molecule has 0 N–H and O–H groups in total. The Balaban J connectivity index is 1.49. The monoisotopic (exact) mass is 388 g/mol. The summed E-state index contributed by atoms with van der Waals surface area (Å²) in [6, 6.07) is 1.81. The average molecular weight is 389 g/mol. The molecule has 0 spiro atoms. The van der Waals surface area contributed by atoms with Gasteiger partial charge in [-0.25, -0.2) is 9.97 Å². The molecule has 0 aromatic carbocycles. The van der Waals surface area contributed by atoms with Gasteiger partial charge in [0.2, 0.25) is 17.8 Å². The van der Waals surface area contributed by atoms with Gasteiger partial charge in [-0.3, -0.25) is 14.5 Å². The normalized spacial score (nSPS) is 20.9. The molecule has 0 saturated carbocycles. The zero-order valence-corrected chi connectivity index (χ0v) is 17.1. The van der Waals surface area contributed by atoms with E-state index in [0.717, 1.165) is 45.6 Å². The number of piperazine rings is 1. The third-order valence-corrected chi connectivity index (χ3v) is 5.76. The van der Waals surface area contributed by atoms with Crippen molar-refractivity contribution in [3.63, 3.8) is 0 Å². The van der Waals surface area contributed by atoms with E-state index in [0.29, 0.717) is 32.1 Å². The van der Waals surface area contributed by atoms with Crippen LogP contribution in [0.15, 0.2) is 18.5 Å². The predicted octanol–water partition coefficient (Wildman–Crippen LogP) is 0.706. The largest absolute Gasteiger partial charge is 0.342 e. The number of anilines is 1. The minimum absolute atomic E-state index is 0.00131. The van der Waals surface area contributed by atoms with E-state index in [1.54, 1.807) is 18.5 Å². The second kappa shape index (κ2) is 9.82. The van der Waals surface area contributed by atoms with Gasteiger partial charge in [0.1, 0.15) is 0 Å². The molecule has 2 fully saturated rings. The van der Waals surface area contributed by atoms with Gasteiger partial charge in [0.05, 0.1) is 12.5 Å². The number of piperidine rings is 1. The molecule has 154 valence electrons. The Morgan fingerprint density at radius 1 is 1.07 bits per heavy atom. The number of rotatable bonds is 6. The molecule has 8 nitrogen and oxygen atoms in total. The highest BCUT2D eigenvalue weighted by Gasteiger charge is 2.32. The summed E-state index contributed by atoms with van der Waals surface area (Å²) in [6.07, 6.45) is 5.38. The molecule has 28 heavy (non-hydrogen) atoms. The summed E-state index contributed by atoms with van der Waals surface area (Å²) in [6.45, 7) is 10.5. The fourth-order valence-corrected chi connectivity index (χ4v) is 4.07. The van der Waals surface area contributed by atoms with Gasteiger partial charge in [-0.15, -0.1) is 0 Å². The standard InChI is InChI=1S/C20H32N6O2/c1-3-24(4-2)18(27)16-23-11-13-25(14-12-23)19(28)17-7-5-10-26(15-17)20-21-8-6-9-22-20/h6,8-9,17H,3-5,7,10-16H2,1-2H3. The minimum atomic E-state index is 0.00131. The zero-order valence-electron chi connectivity index (χ0n) is 17.1. The first-order valence-corrected chi connectivity index (χ1v) is 10.4. The van der Waals surface area contributed by atoms with E-state index < -0.39 is 0 Å². The van der Waals surface area contributed by atoms with Crippen LogP contribution in [-0.4, -0.2) is 95.4 Å². The molecule has 2 amide bonds. The second-order valence-corrected chi connectivity index (χ2v) is 7.50. The van der Waals surface area contributed by atoms with Crippen LogP contribution in [0.2, 0.25) is 0 Å². The van der Waals surface area contributed by atoms with Crippen LogP contribution in [-0.2, 0) is 9.59 Å². The molecule has 0 bridgehead atoms. The Morgan fingerprint density at radius 3 is 2.39 bits per heavy atom. The van der Waals surface area contributed by atoms with E-state index in [2.05, 4.69) is 19.8 Å². The summed E-state index contributed by atoms with van der Waals surface area (Å²) < 4.78 is 0. The average Bonchev–Trinajstić information content (AvgIpc) is 2.75. The zero-order chi connectivity index (χ0) is 19.9. The van der Waals surface area contributed by atoms with Crippen molar-refractivity contribution >= 4 is 17.8 Å². The van der Waals surface area contributed by atoms with Crippen LogP contribution in [0.1, 0.15) is 26.7 Å². The number of carbonyl (C=O) groups is 2. The molecule has 2 saturated heterocycles. The molecule has 1 aromatic heterocycles. The number of carbonyl (C=O) groups excluding carboxylic acids is 2. The maximum absolute atomic E-state index is 13.0. The summed E-state index contributed by atoms with van der Waals surface area (Å²) >= 11 is 0. The highest BCUT2D eigenvalue weighted by molar-refractivity contribution is 5.80. The van der Waals surface area contributed by atoms with Crippen LogP contribution in [0.25, 0.3) is 0 Å². The van der Waals surface area contributed by atoms with Gasteiger partial charge < -0.3 is 14.7 Å². The number of likely N-dealkylation sites (N-methyl/N-ethyl adjacent to an activating group) is 1. The molecule has 3 rings (SSSR count). The Kier molecular flexibility index (Phi) is 7.19. The number of nitrogens with zero attached hydrogens (tertiary/aromatic N) is 6. The van der Waals surface area contributed by atoms with Crippen LogP contribution < -0.4 is 4.90 Å². The van der Waals surface area contributed by atoms with Crippen molar-refractivity contribution in [2.75, 3.05) is 63.8 Å². The topological polar surface area (TPSA) is 72.9 Å². The number of amides is 2. The number of hydrogen-bond donors (Lipinski definition) is 0. The molecule has 0 radical (unpaired) electrons. The summed E-state index contributed by atoms with van der Waals surface area (Å²) in [7, 11) is 0. The lowest BCUT2D eigenvalue weighted by atomic mass is 9.96. The van der Waals surface area contributed by atoms with Gasteiger partial charge in [0.15, 0.2) is 0 Å². The van der Waals surface area contributed by atoms with E-state index >= 15 is 0 Å². The molecular formula is C20H32N6O2. The van der Waals surface area contributed by atoms with Crippen LogP contribution >= 0.6 is 0 Å². The van der Waals surface area contributed by atoms with E-state index in [4.69, 9.17) is 0 Å². The molecule has 2 aliphatic rings. The van der Waals surface area contributed by atoms with Gasteiger partial charge in [-0.05, 0) is 32.8 Å². The van der Waals surface area contributed by atoms with Crippen molar-refractivity contribution < 1.29 is 9.59 Å². The first-order valence-electron chi connectivity index (χ1n) is 10.4. The van der Waals surface area contributed by atoms with Gasteiger partial charge in [-0.2, -0.15) is 0 Å². The van der Waals surface area contributed by atoms with Crippen LogP contribution in [0, 0.1) is 5.92 Å². The molecule has 1 unspecified atom stereocenters. The smallest absolute Gasteiger partial charge is 0.236 e. The molecule has 1 atom stereocenters. The van der Waals surface area contributed by atoms with Crippen molar-refractivity contribution in [3.8, 4) is 0 Å². The first kappa shape index (κ1) is 20.5. The van der Waals surface area contributed by atoms with E-state index in [-0.39, 0.29) is 17.7 Å². The predicted molar refractivity (Wildman–Crippen MR) is 108 cm³/mol. The molecule has 0 aliphatic carbocycles. The maximum Gasteiger partial charge on any atom is 0.236 e. The lowest BCUT2D eigenvalue weighted by Crippen LogP contribution is -2.54. The summed E-state index contributed by atoms with van der Waals surface area (Å²) in [4.78, 5) is 42.1. The lowest BCUT2D eigenvalue weighted by molar-refractivity contribution is -0.138. The lowest BCUT2D eigenvalue weighted by Gasteiger charge is -2.39. The molecular weight excluding hydrogens is 356 g/mol. The quantitative estimate of drug-likeness (QED) is 0.715. The molecule has 1 aromatic rings. The number of hydrogen-bond acceptors (Lipinski definition) is 6. The van der Waals surface area contributed by atoms with Gasteiger partial charge >= 0.3 is 0 Å². The fourth-order valence-electron chi connectivity index (χ4n) is 4.07. The minimum Gasteiger partial charge on any atom is -0.342 e. The van der Waals surface area contributed by atoms with Gasteiger partial charge in [0.25, 0.3) is 0 Å². The van der Waals surface area contributed by atoms with Crippen LogP contribution in [0.4, 0.5) is 5.95 Å². The Bertz CT molecular complexity index is 643. The van der Waals surface area contributed by atoms with Crippen LogP contribution in [0.3, 0.4) is 0 Å². The van der Waals surface area contributed by atoms with E-state index in [1.165, 1.54) is 0 Å². The van der Waals surface area contributed by atoms with Gasteiger partial charge in [0, 0.05) is 64.8 Å². The van der Waals surface area contributed by atoms with E-state index in [9.17, 15) is 9.59 Å². The maximum atomic E-state index is 13.0. The summed E-state index contributed by atoms with van der Waals surface area (Å²) in [5.41, 5.74) is 0. The first-order chi connectivity index (χ1) is 13.6. The van der Waals surface area contributed by atoms with Crippen molar-refractivity contribution in [1.82, 2.24) is 24.7 Å².